The van der Waals surface area contributed by atoms with Crippen molar-refractivity contribution in [1.29, 1.82) is 0 Å². The number of sulfonamides is 1. The van der Waals surface area contributed by atoms with Crippen LogP contribution in [0.2, 0.25) is 5.02 Å². The van der Waals surface area contributed by atoms with E-state index in [2.05, 4.69) is 10.0 Å². The molecule has 1 aromatic heterocycles. The summed E-state index contributed by atoms with van der Waals surface area (Å²) in [6.45, 7) is 1.81. The summed E-state index contributed by atoms with van der Waals surface area (Å²) in [7, 11) is -2.61. The Morgan fingerprint density at radius 1 is 1.09 bits per heavy atom. The topological polar surface area (TPSA) is 110 Å². The molecule has 4 rings (SSSR count). The van der Waals surface area contributed by atoms with E-state index in [0.29, 0.717) is 16.2 Å². The average molecular weight is 500 g/mol. The molecule has 0 fully saturated rings. The number of oxazole rings is 1. The zero-order chi connectivity index (χ0) is 24.5. The summed E-state index contributed by atoms with van der Waals surface area (Å²) in [6, 6.07) is 17.1. The number of halogens is 1. The Labute approximate surface area is 201 Å². The van der Waals surface area contributed by atoms with Crippen molar-refractivity contribution in [2.75, 3.05) is 5.32 Å². The van der Waals surface area contributed by atoms with Gasteiger partial charge in [0, 0.05) is 23.8 Å². The summed E-state index contributed by atoms with van der Waals surface area (Å²) in [5, 5.41) is 3.22. The Bertz CT molecular complexity index is 1530. The number of aromatic nitrogens is 1. The molecule has 1 heterocycles. The van der Waals surface area contributed by atoms with E-state index in [9.17, 15) is 18.0 Å². The first-order chi connectivity index (χ1) is 16.1. The first-order valence-corrected chi connectivity index (χ1v) is 12.2. The van der Waals surface area contributed by atoms with E-state index in [1.54, 1.807) is 18.2 Å². The average Bonchev–Trinajstić information content (AvgIpc) is 3.09. The van der Waals surface area contributed by atoms with Crippen LogP contribution >= 0.6 is 11.6 Å². The summed E-state index contributed by atoms with van der Waals surface area (Å²) in [6.07, 6.45) is 0.119. The Kier molecular flexibility index (Phi) is 6.60. The van der Waals surface area contributed by atoms with E-state index >= 15 is 0 Å². The Morgan fingerprint density at radius 2 is 1.82 bits per heavy atom. The van der Waals surface area contributed by atoms with E-state index in [-0.39, 0.29) is 16.9 Å². The van der Waals surface area contributed by atoms with Gasteiger partial charge in [0.1, 0.15) is 6.04 Å². The third-order valence-corrected chi connectivity index (χ3v) is 7.13. The van der Waals surface area contributed by atoms with Gasteiger partial charge in [0.2, 0.25) is 15.9 Å². The number of aryl methyl sites for hydroxylation is 2. The number of nitrogens with one attached hydrogen (secondary N) is 2. The van der Waals surface area contributed by atoms with Crippen molar-refractivity contribution in [3.05, 3.63) is 93.4 Å². The molecule has 8 nitrogen and oxygen atoms in total. The maximum atomic E-state index is 13.2. The van der Waals surface area contributed by atoms with Gasteiger partial charge in [0.25, 0.3) is 0 Å². The minimum atomic E-state index is -4.14. The van der Waals surface area contributed by atoms with E-state index in [4.69, 9.17) is 16.0 Å². The first-order valence-electron chi connectivity index (χ1n) is 10.4. The van der Waals surface area contributed by atoms with Crippen molar-refractivity contribution in [3.63, 3.8) is 0 Å². The van der Waals surface area contributed by atoms with Crippen LogP contribution < -0.4 is 15.8 Å². The second kappa shape index (κ2) is 9.46. The summed E-state index contributed by atoms with van der Waals surface area (Å²) in [5.41, 5.74) is 2.64. The number of benzene rings is 3. The summed E-state index contributed by atoms with van der Waals surface area (Å²) >= 11 is 6.06. The maximum Gasteiger partial charge on any atom is 0.419 e. The number of anilines is 1. The molecule has 2 N–H and O–H groups in total. The molecule has 0 radical (unpaired) electrons. The van der Waals surface area contributed by atoms with Crippen molar-refractivity contribution in [2.45, 2.75) is 24.3 Å². The van der Waals surface area contributed by atoms with Crippen LogP contribution in [0.4, 0.5) is 5.69 Å². The van der Waals surface area contributed by atoms with Gasteiger partial charge in [0.05, 0.1) is 10.4 Å². The van der Waals surface area contributed by atoms with Crippen molar-refractivity contribution < 1.29 is 17.6 Å². The highest BCUT2D eigenvalue weighted by molar-refractivity contribution is 7.89. The lowest BCUT2D eigenvalue weighted by Gasteiger charge is -2.19. The second-order valence-electron chi connectivity index (χ2n) is 7.87. The predicted octanol–water partition coefficient (Wildman–Crippen LogP) is 3.62. The number of hydrogen-bond acceptors (Lipinski definition) is 5. The third-order valence-electron chi connectivity index (χ3n) is 5.43. The standard InChI is InChI=1S/C24H22ClN3O5S/c1-15-8-9-17(25)13-19(15)26-23(29)20(12-16-6-4-3-5-7-16)27-34(31,32)18-10-11-21-22(14-18)33-24(30)28(21)2/h3-11,13-14,20,27H,12H2,1-2H3,(H,26,29). The molecule has 0 aliphatic heterocycles. The van der Waals surface area contributed by atoms with Crippen molar-refractivity contribution in [1.82, 2.24) is 9.29 Å². The lowest BCUT2D eigenvalue weighted by atomic mass is 10.1. The molecule has 0 saturated heterocycles. The number of amides is 1. The van der Waals surface area contributed by atoms with Gasteiger partial charge in [0.15, 0.2) is 5.58 Å². The van der Waals surface area contributed by atoms with Crippen LogP contribution in [0, 0.1) is 6.92 Å². The van der Waals surface area contributed by atoms with Crippen molar-refractivity contribution in [2.24, 2.45) is 7.05 Å². The fourth-order valence-corrected chi connectivity index (χ4v) is 4.91. The molecule has 4 aromatic rings. The second-order valence-corrected chi connectivity index (χ2v) is 10.0. The molecule has 0 aliphatic rings. The van der Waals surface area contributed by atoms with Gasteiger partial charge in [-0.1, -0.05) is 48.0 Å². The molecule has 1 unspecified atom stereocenters. The first kappa shape index (κ1) is 23.7. The summed E-state index contributed by atoms with van der Waals surface area (Å²) in [4.78, 5) is 24.8. The highest BCUT2D eigenvalue weighted by Gasteiger charge is 2.27. The fraction of sp³-hybridized carbons (Fsp3) is 0.167. The minimum Gasteiger partial charge on any atom is -0.408 e. The SMILES string of the molecule is Cc1ccc(Cl)cc1NC(=O)C(Cc1ccccc1)NS(=O)(=O)c1ccc2c(c1)oc(=O)n2C. The van der Waals surface area contributed by atoms with Crippen LogP contribution in [-0.4, -0.2) is 24.9 Å². The quantitative estimate of drug-likeness (QED) is 0.403. The predicted molar refractivity (Wildman–Crippen MR) is 131 cm³/mol. The molecular weight excluding hydrogens is 478 g/mol. The molecule has 0 bridgehead atoms. The van der Waals surface area contributed by atoms with Crippen LogP contribution in [0.5, 0.6) is 0 Å². The molecule has 0 spiro atoms. The number of carbonyl (C=O) groups excluding carboxylic acids is 1. The number of fused-ring (bicyclic) bond motifs is 1. The monoisotopic (exact) mass is 499 g/mol. The Balaban J connectivity index is 1.66. The molecule has 1 amide bonds. The highest BCUT2D eigenvalue weighted by atomic mass is 35.5. The fourth-order valence-electron chi connectivity index (χ4n) is 3.52. The van der Waals surface area contributed by atoms with Gasteiger partial charge in [-0.25, -0.2) is 13.2 Å². The molecule has 3 aromatic carbocycles. The molecule has 10 heteroatoms. The van der Waals surface area contributed by atoms with Gasteiger partial charge in [-0.2, -0.15) is 4.72 Å². The molecule has 176 valence electrons. The minimum absolute atomic E-state index is 0.119. The number of nitrogens with zero attached hydrogens (tertiary/aromatic N) is 1. The molecule has 0 aliphatic carbocycles. The van der Waals surface area contributed by atoms with Crippen LogP contribution in [0.15, 0.2) is 80.8 Å². The van der Waals surface area contributed by atoms with Crippen molar-refractivity contribution >= 4 is 44.3 Å². The summed E-state index contributed by atoms with van der Waals surface area (Å²) in [5.74, 6) is -1.14. The third kappa shape index (κ3) is 5.06. The van der Waals surface area contributed by atoms with E-state index in [1.807, 2.05) is 37.3 Å². The number of hydrogen-bond donors (Lipinski definition) is 2. The zero-order valence-electron chi connectivity index (χ0n) is 18.4. The molecule has 1 atom stereocenters. The van der Waals surface area contributed by atoms with E-state index in [0.717, 1.165) is 11.1 Å². The van der Waals surface area contributed by atoms with Gasteiger partial charge in [-0.15, -0.1) is 0 Å². The highest BCUT2D eigenvalue weighted by Crippen LogP contribution is 2.22. The van der Waals surface area contributed by atoms with Crippen LogP contribution in [0.25, 0.3) is 11.1 Å². The van der Waals surface area contributed by atoms with Crippen molar-refractivity contribution in [3.8, 4) is 0 Å². The zero-order valence-corrected chi connectivity index (χ0v) is 20.0. The maximum absolute atomic E-state index is 13.2. The lowest BCUT2D eigenvalue weighted by molar-refractivity contribution is -0.117. The number of carbonyl (C=O) groups is 1. The van der Waals surface area contributed by atoms with Crippen LogP contribution in [0.3, 0.4) is 0 Å². The van der Waals surface area contributed by atoms with Gasteiger partial charge >= 0.3 is 5.76 Å². The van der Waals surface area contributed by atoms with E-state index < -0.39 is 27.7 Å². The van der Waals surface area contributed by atoms with Gasteiger partial charge < -0.3 is 9.73 Å². The van der Waals surface area contributed by atoms with Crippen LogP contribution in [0.1, 0.15) is 11.1 Å². The molecule has 0 saturated carbocycles. The molecule has 34 heavy (non-hydrogen) atoms. The Hall–Kier alpha value is -3.40. The number of rotatable bonds is 7. The summed E-state index contributed by atoms with van der Waals surface area (Å²) < 4.78 is 35.3. The van der Waals surface area contributed by atoms with Gasteiger partial charge in [-0.3, -0.25) is 9.36 Å². The molecular formula is C24H22ClN3O5S. The lowest BCUT2D eigenvalue weighted by Crippen LogP contribution is -2.45. The smallest absolute Gasteiger partial charge is 0.408 e. The van der Waals surface area contributed by atoms with Gasteiger partial charge in [-0.05, 0) is 48.7 Å². The largest absolute Gasteiger partial charge is 0.419 e. The Morgan fingerprint density at radius 3 is 2.56 bits per heavy atom. The van der Waals surface area contributed by atoms with E-state index in [1.165, 1.54) is 29.8 Å². The normalized spacial score (nSPS) is 12.6. The van der Waals surface area contributed by atoms with Crippen LogP contribution in [-0.2, 0) is 28.3 Å².